The van der Waals surface area contributed by atoms with Gasteiger partial charge in [-0.3, -0.25) is 14.9 Å². The van der Waals surface area contributed by atoms with Gasteiger partial charge in [-0.05, 0) is 37.3 Å². The molecule has 2 N–H and O–H groups in total. The first-order valence-electron chi connectivity index (χ1n) is 7.57. The van der Waals surface area contributed by atoms with Crippen LogP contribution in [-0.2, 0) is 13.5 Å². The molecule has 0 radical (unpaired) electrons. The molecule has 1 aromatic rings. The SMILES string of the molecule is CCCN/C(=C\[N+](=O)[O-])NC1CCCc2c1ccc(=O)n2C. The van der Waals surface area contributed by atoms with Crippen LogP contribution in [0.4, 0.5) is 0 Å². The fourth-order valence-electron chi connectivity index (χ4n) is 2.79. The molecule has 0 aliphatic heterocycles. The lowest BCUT2D eigenvalue weighted by Gasteiger charge is -2.29. The maximum atomic E-state index is 11.7. The molecule has 1 unspecified atom stereocenters. The first-order valence-corrected chi connectivity index (χ1v) is 7.57. The van der Waals surface area contributed by atoms with E-state index in [9.17, 15) is 14.9 Å². The van der Waals surface area contributed by atoms with E-state index in [-0.39, 0.29) is 11.6 Å². The quantitative estimate of drug-likeness (QED) is 0.613. The maximum Gasteiger partial charge on any atom is 0.274 e. The van der Waals surface area contributed by atoms with Gasteiger partial charge in [0.15, 0.2) is 5.82 Å². The highest BCUT2D eigenvalue weighted by Crippen LogP contribution is 2.28. The van der Waals surface area contributed by atoms with Crippen molar-refractivity contribution in [2.45, 2.75) is 38.6 Å². The highest BCUT2D eigenvalue weighted by Gasteiger charge is 2.23. The van der Waals surface area contributed by atoms with Gasteiger partial charge in [0.05, 0.1) is 11.0 Å². The van der Waals surface area contributed by atoms with Crippen molar-refractivity contribution in [2.75, 3.05) is 6.54 Å². The van der Waals surface area contributed by atoms with Crippen LogP contribution in [0.3, 0.4) is 0 Å². The normalized spacial score (nSPS) is 17.7. The molecule has 1 aliphatic rings. The molecule has 120 valence electrons. The van der Waals surface area contributed by atoms with Gasteiger partial charge < -0.3 is 15.2 Å². The summed E-state index contributed by atoms with van der Waals surface area (Å²) in [5.74, 6) is 0.415. The van der Waals surface area contributed by atoms with E-state index in [4.69, 9.17) is 0 Å². The monoisotopic (exact) mass is 306 g/mol. The molecule has 1 aromatic heterocycles. The smallest absolute Gasteiger partial charge is 0.274 e. The minimum Gasteiger partial charge on any atom is -0.367 e. The predicted molar refractivity (Wildman–Crippen MR) is 83.9 cm³/mol. The van der Waals surface area contributed by atoms with Gasteiger partial charge in [-0.1, -0.05) is 6.92 Å². The summed E-state index contributed by atoms with van der Waals surface area (Å²) in [5.41, 5.74) is 2.03. The van der Waals surface area contributed by atoms with Gasteiger partial charge in [-0.15, -0.1) is 0 Å². The predicted octanol–water partition coefficient (Wildman–Crippen LogP) is 1.43. The Morgan fingerprint density at radius 2 is 2.32 bits per heavy atom. The van der Waals surface area contributed by atoms with E-state index in [0.29, 0.717) is 12.4 Å². The molecular weight excluding hydrogens is 284 g/mol. The van der Waals surface area contributed by atoms with Gasteiger partial charge in [0, 0.05) is 25.4 Å². The van der Waals surface area contributed by atoms with E-state index in [2.05, 4.69) is 10.6 Å². The van der Waals surface area contributed by atoms with E-state index in [1.54, 1.807) is 17.7 Å². The number of hydrogen-bond donors (Lipinski definition) is 2. The summed E-state index contributed by atoms with van der Waals surface area (Å²) in [4.78, 5) is 22.0. The topological polar surface area (TPSA) is 89.2 Å². The van der Waals surface area contributed by atoms with Crippen LogP contribution in [0.1, 0.15) is 43.5 Å². The van der Waals surface area contributed by atoms with Crippen LogP contribution >= 0.6 is 0 Å². The Hall–Kier alpha value is -2.31. The Bertz CT molecular complexity index is 636. The highest BCUT2D eigenvalue weighted by atomic mass is 16.6. The van der Waals surface area contributed by atoms with E-state index in [1.165, 1.54) is 0 Å². The lowest BCUT2D eigenvalue weighted by molar-refractivity contribution is -0.404. The number of aromatic nitrogens is 1. The summed E-state index contributed by atoms with van der Waals surface area (Å²) in [5, 5.41) is 17.0. The molecule has 7 heteroatoms. The third-order valence-corrected chi connectivity index (χ3v) is 3.89. The zero-order valence-electron chi connectivity index (χ0n) is 13.0. The number of nitrogens with zero attached hydrogens (tertiary/aromatic N) is 2. The number of fused-ring (bicyclic) bond motifs is 1. The maximum absolute atomic E-state index is 11.7. The number of nitro groups is 1. The van der Waals surface area contributed by atoms with Gasteiger partial charge in [-0.25, -0.2) is 0 Å². The van der Waals surface area contributed by atoms with Crippen molar-refractivity contribution in [3.8, 4) is 0 Å². The molecule has 0 saturated heterocycles. The van der Waals surface area contributed by atoms with Crippen molar-refractivity contribution >= 4 is 0 Å². The molecular formula is C15H22N4O3. The Balaban J connectivity index is 2.25. The van der Waals surface area contributed by atoms with Crippen molar-refractivity contribution in [1.82, 2.24) is 15.2 Å². The summed E-state index contributed by atoms with van der Waals surface area (Å²) < 4.78 is 1.67. The van der Waals surface area contributed by atoms with Crippen molar-refractivity contribution < 1.29 is 4.92 Å². The Labute approximate surface area is 129 Å². The van der Waals surface area contributed by atoms with Crippen molar-refractivity contribution in [2.24, 2.45) is 7.05 Å². The second-order valence-electron chi connectivity index (χ2n) is 5.48. The number of hydrogen-bond acceptors (Lipinski definition) is 5. The summed E-state index contributed by atoms with van der Waals surface area (Å²) in [7, 11) is 1.77. The zero-order chi connectivity index (χ0) is 16.1. The van der Waals surface area contributed by atoms with Crippen LogP contribution in [0.15, 0.2) is 28.9 Å². The molecule has 1 aliphatic carbocycles. The van der Waals surface area contributed by atoms with E-state index < -0.39 is 4.92 Å². The molecule has 0 spiro atoms. The molecule has 1 heterocycles. The number of rotatable bonds is 6. The standard InChI is InChI=1S/C15H22N4O3/c1-3-9-16-14(10-19(21)22)17-12-5-4-6-13-11(12)7-8-15(20)18(13)2/h7-8,10,12,16-17H,3-6,9H2,1-2H3/b14-10+. The second-order valence-corrected chi connectivity index (χ2v) is 5.48. The van der Waals surface area contributed by atoms with Gasteiger partial charge in [0.2, 0.25) is 5.56 Å². The van der Waals surface area contributed by atoms with Crippen molar-refractivity contribution in [3.05, 3.63) is 55.9 Å². The van der Waals surface area contributed by atoms with Crippen molar-refractivity contribution in [3.63, 3.8) is 0 Å². The lowest BCUT2D eigenvalue weighted by atomic mass is 9.91. The Kier molecular flexibility index (Phi) is 5.19. The fraction of sp³-hybridized carbons (Fsp3) is 0.533. The molecule has 0 fully saturated rings. The van der Waals surface area contributed by atoms with E-state index >= 15 is 0 Å². The molecule has 0 bridgehead atoms. The van der Waals surface area contributed by atoms with Gasteiger partial charge in [-0.2, -0.15) is 0 Å². The summed E-state index contributed by atoms with van der Waals surface area (Å²) in [6.07, 6.45) is 4.53. The second kappa shape index (κ2) is 7.11. The lowest BCUT2D eigenvalue weighted by Crippen LogP contribution is -2.34. The molecule has 1 atom stereocenters. The molecule has 7 nitrogen and oxygen atoms in total. The van der Waals surface area contributed by atoms with Crippen molar-refractivity contribution in [1.29, 1.82) is 0 Å². The molecule has 22 heavy (non-hydrogen) atoms. The highest BCUT2D eigenvalue weighted by molar-refractivity contribution is 5.28. The number of pyridine rings is 1. The largest absolute Gasteiger partial charge is 0.367 e. The third kappa shape index (κ3) is 3.66. The average Bonchev–Trinajstić information content (AvgIpc) is 2.48. The van der Waals surface area contributed by atoms with Crippen LogP contribution in [-0.4, -0.2) is 16.0 Å². The van der Waals surface area contributed by atoms with Gasteiger partial charge in [0.1, 0.15) is 0 Å². The Morgan fingerprint density at radius 3 is 3.00 bits per heavy atom. The van der Waals surface area contributed by atoms with Crippen LogP contribution in [0, 0.1) is 10.1 Å². The minimum atomic E-state index is -0.463. The molecule has 2 rings (SSSR count). The van der Waals surface area contributed by atoms with E-state index in [0.717, 1.165) is 43.1 Å². The van der Waals surface area contributed by atoms with Gasteiger partial charge >= 0.3 is 0 Å². The average molecular weight is 306 g/mol. The summed E-state index contributed by atoms with van der Waals surface area (Å²) in [6.45, 7) is 2.67. The molecule has 0 aromatic carbocycles. The first-order chi connectivity index (χ1) is 10.5. The first kappa shape index (κ1) is 16.1. The Morgan fingerprint density at radius 1 is 1.55 bits per heavy atom. The van der Waals surface area contributed by atoms with Crippen LogP contribution in [0.2, 0.25) is 0 Å². The molecule has 0 amide bonds. The van der Waals surface area contributed by atoms with Crippen LogP contribution in [0.5, 0.6) is 0 Å². The van der Waals surface area contributed by atoms with Crippen LogP contribution < -0.4 is 16.2 Å². The summed E-state index contributed by atoms with van der Waals surface area (Å²) >= 11 is 0. The summed E-state index contributed by atoms with van der Waals surface area (Å²) in [6, 6.07) is 3.36. The fourth-order valence-corrected chi connectivity index (χ4v) is 2.79. The van der Waals surface area contributed by atoms with Crippen LogP contribution in [0.25, 0.3) is 0 Å². The van der Waals surface area contributed by atoms with E-state index in [1.807, 2.05) is 13.0 Å². The molecule has 0 saturated carbocycles. The van der Waals surface area contributed by atoms with Gasteiger partial charge in [0.25, 0.3) is 6.20 Å². The zero-order valence-corrected chi connectivity index (χ0v) is 13.0. The third-order valence-electron chi connectivity index (χ3n) is 3.89. The number of nitrogens with one attached hydrogen (secondary N) is 2. The minimum absolute atomic E-state index is 0.0221.